The maximum absolute atomic E-state index is 12.7. The molecular weight excluding hydrogens is 348 g/mol. The number of aryl methyl sites for hydroxylation is 1. The van der Waals surface area contributed by atoms with Crippen molar-refractivity contribution in [2.75, 3.05) is 26.9 Å². The van der Waals surface area contributed by atoms with E-state index in [0.29, 0.717) is 33.9 Å². The summed E-state index contributed by atoms with van der Waals surface area (Å²) in [7, 11) is 1.28. The predicted octanol–water partition coefficient (Wildman–Crippen LogP) is 1.69. The Labute approximate surface area is 148 Å². The molecule has 2 aromatic rings. The largest absolute Gasteiger partial charge is 0.465 e. The fraction of sp³-hybridized carbons (Fsp3) is 0.500. The first-order valence-corrected chi connectivity index (χ1v) is 8.56. The molecule has 0 aliphatic heterocycles. The summed E-state index contributed by atoms with van der Waals surface area (Å²) in [6, 6.07) is -0.841. The van der Waals surface area contributed by atoms with E-state index in [0.717, 1.165) is 11.3 Å². The Morgan fingerprint density at radius 3 is 2.72 bits per heavy atom. The molecule has 0 N–H and O–H groups in total. The quantitative estimate of drug-likeness (QED) is 0.542. The zero-order valence-electron chi connectivity index (χ0n) is 14.5. The maximum Gasteiger partial charge on any atom is 0.348 e. The second-order valence-corrected chi connectivity index (χ2v) is 6.22. The van der Waals surface area contributed by atoms with Gasteiger partial charge in [-0.15, -0.1) is 11.3 Å². The Balaban J connectivity index is 2.32. The van der Waals surface area contributed by atoms with Gasteiger partial charge in [-0.1, -0.05) is 0 Å². The van der Waals surface area contributed by atoms with Crippen molar-refractivity contribution >= 4 is 33.5 Å². The van der Waals surface area contributed by atoms with Crippen LogP contribution >= 0.6 is 11.3 Å². The highest BCUT2D eigenvalue weighted by molar-refractivity contribution is 7.20. The number of esters is 2. The van der Waals surface area contributed by atoms with Crippen LogP contribution in [0.4, 0.5) is 0 Å². The van der Waals surface area contributed by atoms with Crippen molar-refractivity contribution in [3.8, 4) is 0 Å². The number of carbonyl (C=O) groups excluding carboxylic acids is 2. The summed E-state index contributed by atoms with van der Waals surface area (Å²) in [4.78, 5) is 41.6. The smallest absolute Gasteiger partial charge is 0.348 e. The summed E-state index contributed by atoms with van der Waals surface area (Å²) < 4.78 is 16.1. The molecule has 0 amide bonds. The van der Waals surface area contributed by atoms with E-state index in [1.54, 1.807) is 13.8 Å². The third-order valence-corrected chi connectivity index (χ3v) is 4.86. The molecule has 25 heavy (non-hydrogen) atoms. The van der Waals surface area contributed by atoms with Crippen LogP contribution in [0, 0.1) is 6.92 Å². The van der Waals surface area contributed by atoms with E-state index in [2.05, 4.69) is 4.98 Å². The first-order valence-electron chi connectivity index (χ1n) is 7.75. The summed E-state index contributed by atoms with van der Waals surface area (Å²) in [5, 5.41) is 0.307. The van der Waals surface area contributed by atoms with Crippen LogP contribution in [0.25, 0.3) is 10.2 Å². The van der Waals surface area contributed by atoms with Crippen LogP contribution in [0.2, 0.25) is 0 Å². The monoisotopic (exact) mass is 368 g/mol. The van der Waals surface area contributed by atoms with E-state index in [9.17, 15) is 14.4 Å². The lowest BCUT2D eigenvalue weighted by atomic mass is 10.2. The number of aromatic nitrogens is 2. The number of fused-ring (bicyclic) bond motifs is 1. The van der Waals surface area contributed by atoms with Gasteiger partial charge in [0.2, 0.25) is 0 Å². The number of carbonyl (C=O) groups is 2. The van der Waals surface area contributed by atoms with Crippen LogP contribution in [0.5, 0.6) is 0 Å². The van der Waals surface area contributed by atoms with Gasteiger partial charge in [0, 0.05) is 6.61 Å². The van der Waals surface area contributed by atoms with Crippen molar-refractivity contribution in [3.05, 3.63) is 27.1 Å². The van der Waals surface area contributed by atoms with Crippen LogP contribution in [-0.4, -0.2) is 48.4 Å². The highest BCUT2D eigenvalue weighted by Crippen LogP contribution is 2.27. The number of thiophene rings is 1. The molecule has 2 rings (SSSR count). The van der Waals surface area contributed by atoms with Gasteiger partial charge in [0.1, 0.15) is 22.4 Å². The zero-order valence-corrected chi connectivity index (χ0v) is 15.3. The maximum atomic E-state index is 12.7. The van der Waals surface area contributed by atoms with E-state index in [-0.39, 0.29) is 6.61 Å². The van der Waals surface area contributed by atoms with Crippen LogP contribution in [0.15, 0.2) is 11.1 Å². The Hall–Kier alpha value is -2.26. The molecule has 0 bridgehead atoms. The molecule has 9 heteroatoms. The van der Waals surface area contributed by atoms with Gasteiger partial charge in [-0.3, -0.25) is 9.36 Å². The lowest BCUT2D eigenvalue weighted by molar-refractivity contribution is -0.148. The van der Waals surface area contributed by atoms with Crippen LogP contribution in [0.1, 0.15) is 35.1 Å². The standard InChI is InChI=1S/C16H20N2O6S/c1-5-23-6-7-24-15(20)10(3)18-8-17-13-11(14(18)19)9(2)12(25-13)16(21)22-4/h8,10H,5-7H2,1-4H3/t10-/m1/s1. The van der Waals surface area contributed by atoms with Gasteiger partial charge in [0.25, 0.3) is 5.56 Å². The number of hydrogen-bond acceptors (Lipinski definition) is 8. The van der Waals surface area contributed by atoms with Crippen molar-refractivity contribution in [3.63, 3.8) is 0 Å². The molecule has 8 nitrogen and oxygen atoms in total. The minimum atomic E-state index is -0.841. The SMILES string of the molecule is CCOCCOC(=O)[C@@H](C)n1cnc2sc(C(=O)OC)c(C)c2c1=O. The van der Waals surface area contributed by atoms with E-state index in [1.165, 1.54) is 18.0 Å². The van der Waals surface area contributed by atoms with Gasteiger partial charge in [0.15, 0.2) is 0 Å². The Morgan fingerprint density at radius 2 is 2.08 bits per heavy atom. The first-order chi connectivity index (χ1) is 11.9. The topological polar surface area (TPSA) is 96.7 Å². The van der Waals surface area contributed by atoms with Crippen molar-refractivity contribution in [2.24, 2.45) is 0 Å². The number of nitrogens with zero attached hydrogens (tertiary/aromatic N) is 2. The number of hydrogen-bond donors (Lipinski definition) is 0. The van der Waals surface area contributed by atoms with E-state index < -0.39 is 23.5 Å². The third kappa shape index (κ3) is 3.88. The molecule has 0 saturated carbocycles. The molecule has 0 saturated heterocycles. The molecule has 0 unspecified atom stereocenters. The second-order valence-electron chi connectivity index (χ2n) is 5.23. The highest BCUT2D eigenvalue weighted by Gasteiger charge is 2.23. The molecule has 0 radical (unpaired) electrons. The lowest BCUT2D eigenvalue weighted by Crippen LogP contribution is -2.30. The van der Waals surface area contributed by atoms with Gasteiger partial charge in [-0.25, -0.2) is 14.6 Å². The average Bonchev–Trinajstić information content (AvgIpc) is 2.95. The molecule has 136 valence electrons. The average molecular weight is 368 g/mol. The Bertz CT molecular complexity index is 841. The molecular formula is C16H20N2O6S. The Morgan fingerprint density at radius 1 is 1.36 bits per heavy atom. The summed E-state index contributed by atoms with van der Waals surface area (Å²) in [5.74, 6) is -1.07. The van der Waals surface area contributed by atoms with Gasteiger partial charge in [0.05, 0.1) is 25.4 Å². The molecule has 0 fully saturated rings. The highest BCUT2D eigenvalue weighted by atomic mass is 32.1. The van der Waals surface area contributed by atoms with Crippen molar-refractivity contribution in [1.29, 1.82) is 0 Å². The second kappa shape index (κ2) is 8.21. The summed E-state index contributed by atoms with van der Waals surface area (Å²) in [6.07, 6.45) is 1.29. The number of ether oxygens (including phenoxy) is 3. The summed E-state index contributed by atoms with van der Waals surface area (Å²) in [5.41, 5.74) is 0.0961. The van der Waals surface area contributed by atoms with E-state index >= 15 is 0 Å². The fourth-order valence-corrected chi connectivity index (χ4v) is 3.34. The lowest BCUT2D eigenvalue weighted by Gasteiger charge is -2.14. The van der Waals surface area contributed by atoms with E-state index in [4.69, 9.17) is 14.2 Å². The number of rotatable bonds is 7. The zero-order chi connectivity index (χ0) is 18.6. The Kier molecular flexibility index (Phi) is 6.27. The normalized spacial score (nSPS) is 12.2. The first kappa shape index (κ1) is 19.1. The van der Waals surface area contributed by atoms with Gasteiger partial charge >= 0.3 is 11.9 Å². The minimum Gasteiger partial charge on any atom is -0.465 e. The molecule has 0 aromatic carbocycles. The van der Waals surface area contributed by atoms with E-state index in [1.807, 2.05) is 6.92 Å². The minimum absolute atomic E-state index is 0.116. The fourth-order valence-electron chi connectivity index (χ4n) is 2.28. The molecule has 2 aromatic heterocycles. The van der Waals surface area contributed by atoms with Gasteiger partial charge in [-0.05, 0) is 26.3 Å². The molecule has 2 heterocycles. The van der Waals surface area contributed by atoms with Crippen LogP contribution < -0.4 is 5.56 Å². The molecule has 0 aliphatic carbocycles. The molecule has 0 aliphatic rings. The summed E-state index contributed by atoms with van der Waals surface area (Å²) >= 11 is 1.09. The van der Waals surface area contributed by atoms with Crippen LogP contribution in [-0.2, 0) is 19.0 Å². The van der Waals surface area contributed by atoms with Gasteiger partial charge < -0.3 is 14.2 Å². The van der Waals surface area contributed by atoms with Crippen LogP contribution in [0.3, 0.4) is 0 Å². The molecule has 0 spiro atoms. The van der Waals surface area contributed by atoms with Crippen molar-refractivity contribution in [2.45, 2.75) is 26.8 Å². The number of methoxy groups -OCH3 is 1. The predicted molar refractivity (Wildman–Crippen MR) is 92.1 cm³/mol. The van der Waals surface area contributed by atoms with Gasteiger partial charge in [-0.2, -0.15) is 0 Å². The third-order valence-electron chi connectivity index (χ3n) is 3.68. The molecule has 1 atom stereocenters. The summed E-state index contributed by atoms with van der Waals surface area (Å²) in [6.45, 7) is 6.01. The van der Waals surface area contributed by atoms with Crippen molar-refractivity contribution in [1.82, 2.24) is 9.55 Å². The van der Waals surface area contributed by atoms with Crippen molar-refractivity contribution < 1.29 is 23.8 Å².